The SMILES string of the molecule is O=c1[nH]nc(NCCc2ccccc2)c(=O)[nH]1. The van der Waals surface area contributed by atoms with Crippen LogP contribution in [0.4, 0.5) is 5.82 Å². The maximum Gasteiger partial charge on any atom is 0.342 e. The second-order valence-corrected chi connectivity index (χ2v) is 3.52. The highest BCUT2D eigenvalue weighted by Crippen LogP contribution is 1.99. The standard InChI is InChI=1S/C11H12N4O2/c16-10-9(14-15-11(17)13-10)12-7-6-8-4-2-1-3-5-8/h1-5H,6-7H2,(H,12,14)(H2,13,15,16,17). The van der Waals surface area contributed by atoms with Gasteiger partial charge in [0, 0.05) is 6.54 Å². The molecule has 0 saturated carbocycles. The van der Waals surface area contributed by atoms with Crippen LogP contribution in [0.2, 0.25) is 0 Å². The van der Waals surface area contributed by atoms with E-state index in [9.17, 15) is 9.59 Å². The van der Waals surface area contributed by atoms with Crippen LogP contribution in [0.5, 0.6) is 0 Å². The molecule has 17 heavy (non-hydrogen) atoms. The van der Waals surface area contributed by atoms with Crippen molar-refractivity contribution in [3.63, 3.8) is 0 Å². The van der Waals surface area contributed by atoms with E-state index in [4.69, 9.17) is 0 Å². The van der Waals surface area contributed by atoms with Crippen LogP contribution in [0.25, 0.3) is 0 Å². The monoisotopic (exact) mass is 232 g/mol. The molecule has 3 N–H and O–H groups in total. The summed E-state index contributed by atoms with van der Waals surface area (Å²) < 4.78 is 0. The Bertz CT molecular complexity index is 588. The van der Waals surface area contributed by atoms with E-state index in [0.29, 0.717) is 6.54 Å². The summed E-state index contributed by atoms with van der Waals surface area (Å²) in [7, 11) is 0. The van der Waals surface area contributed by atoms with Crippen LogP contribution in [0, 0.1) is 0 Å². The Morgan fingerprint density at radius 3 is 2.65 bits per heavy atom. The fraction of sp³-hybridized carbons (Fsp3) is 0.182. The Morgan fingerprint density at radius 1 is 1.18 bits per heavy atom. The van der Waals surface area contributed by atoms with Gasteiger partial charge >= 0.3 is 5.69 Å². The lowest BCUT2D eigenvalue weighted by Crippen LogP contribution is -2.27. The Labute approximate surface area is 96.7 Å². The first-order valence-electron chi connectivity index (χ1n) is 5.22. The molecule has 1 heterocycles. The van der Waals surface area contributed by atoms with E-state index < -0.39 is 11.2 Å². The molecule has 0 atom stereocenters. The average molecular weight is 232 g/mol. The lowest BCUT2D eigenvalue weighted by Gasteiger charge is -2.03. The zero-order valence-electron chi connectivity index (χ0n) is 9.06. The molecule has 88 valence electrons. The molecule has 1 aromatic carbocycles. The molecular formula is C11H12N4O2. The van der Waals surface area contributed by atoms with E-state index in [1.54, 1.807) is 0 Å². The van der Waals surface area contributed by atoms with Crippen LogP contribution >= 0.6 is 0 Å². The quantitative estimate of drug-likeness (QED) is 0.698. The van der Waals surface area contributed by atoms with Gasteiger partial charge in [0.25, 0.3) is 5.56 Å². The van der Waals surface area contributed by atoms with Crippen molar-refractivity contribution in [1.82, 2.24) is 15.2 Å². The van der Waals surface area contributed by atoms with Crippen molar-refractivity contribution in [2.45, 2.75) is 6.42 Å². The lowest BCUT2D eigenvalue weighted by atomic mass is 10.1. The van der Waals surface area contributed by atoms with Gasteiger partial charge in [-0.15, -0.1) is 5.10 Å². The van der Waals surface area contributed by atoms with Gasteiger partial charge in [0.1, 0.15) is 0 Å². The molecule has 2 aromatic rings. The van der Waals surface area contributed by atoms with Crippen molar-refractivity contribution in [3.05, 3.63) is 56.7 Å². The third-order valence-corrected chi connectivity index (χ3v) is 2.26. The lowest BCUT2D eigenvalue weighted by molar-refractivity contribution is 0.877. The molecule has 0 bridgehead atoms. The second kappa shape index (κ2) is 5.11. The molecule has 6 heteroatoms. The van der Waals surface area contributed by atoms with E-state index in [-0.39, 0.29) is 5.82 Å². The number of aromatic amines is 2. The number of H-pyrrole nitrogens is 2. The van der Waals surface area contributed by atoms with Crippen LogP contribution in [-0.4, -0.2) is 21.7 Å². The van der Waals surface area contributed by atoms with Gasteiger partial charge in [-0.1, -0.05) is 30.3 Å². The number of hydrogen-bond acceptors (Lipinski definition) is 4. The minimum atomic E-state index is -0.608. The Balaban J connectivity index is 1.95. The fourth-order valence-corrected chi connectivity index (χ4v) is 1.44. The number of rotatable bonds is 4. The molecular weight excluding hydrogens is 220 g/mol. The summed E-state index contributed by atoms with van der Waals surface area (Å²) >= 11 is 0. The summed E-state index contributed by atoms with van der Waals surface area (Å²) in [5.41, 5.74) is 0.0475. The van der Waals surface area contributed by atoms with Gasteiger partial charge in [0.2, 0.25) is 5.82 Å². The fourth-order valence-electron chi connectivity index (χ4n) is 1.44. The molecule has 0 radical (unpaired) electrons. The Morgan fingerprint density at radius 2 is 1.94 bits per heavy atom. The first kappa shape index (κ1) is 11.1. The molecule has 0 spiro atoms. The second-order valence-electron chi connectivity index (χ2n) is 3.52. The smallest absolute Gasteiger partial charge is 0.342 e. The molecule has 0 fully saturated rings. The predicted molar refractivity (Wildman–Crippen MR) is 64.1 cm³/mol. The predicted octanol–water partition coefficient (Wildman–Crippen LogP) is 0.113. The largest absolute Gasteiger partial charge is 0.364 e. The van der Waals surface area contributed by atoms with Gasteiger partial charge in [0.15, 0.2) is 0 Å². The van der Waals surface area contributed by atoms with E-state index in [0.717, 1.165) is 6.42 Å². The molecule has 0 amide bonds. The number of benzene rings is 1. The van der Waals surface area contributed by atoms with E-state index in [1.807, 2.05) is 30.3 Å². The highest BCUT2D eigenvalue weighted by Gasteiger charge is 2.00. The molecule has 0 aliphatic heterocycles. The molecule has 0 aliphatic carbocycles. The number of anilines is 1. The zero-order valence-corrected chi connectivity index (χ0v) is 9.06. The van der Waals surface area contributed by atoms with Crippen LogP contribution in [-0.2, 0) is 6.42 Å². The summed E-state index contributed by atoms with van der Waals surface area (Å²) in [5, 5.41) is 8.65. The van der Waals surface area contributed by atoms with Gasteiger partial charge < -0.3 is 5.32 Å². The third kappa shape index (κ3) is 3.04. The normalized spacial score (nSPS) is 10.1. The van der Waals surface area contributed by atoms with E-state index in [1.165, 1.54) is 5.56 Å². The number of aromatic nitrogens is 3. The van der Waals surface area contributed by atoms with Crippen LogP contribution in [0.15, 0.2) is 39.9 Å². The maximum atomic E-state index is 11.3. The minimum Gasteiger partial charge on any atom is -0.364 e. The van der Waals surface area contributed by atoms with Crippen LogP contribution in [0.3, 0.4) is 0 Å². The van der Waals surface area contributed by atoms with Crippen molar-refractivity contribution >= 4 is 5.82 Å². The zero-order chi connectivity index (χ0) is 12.1. The van der Waals surface area contributed by atoms with Crippen LogP contribution in [0.1, 0.15) is 5.56 Å². The topological polar surface area (TPSA) is 90.6 Å². The van der Waals surface area contributed by atoms with E-state index >= 15 is 0 Å². The Hall–Kier alpha value is -2.37. The third-order valence-electron chi connectivity index (χ3n) is 2.26. The molecule has 0 aliphatic rings. The highest BCUT2D eigenvalue weighted by atomic mass is 16.2. The van der Waals surface area contributed by atoms with Gasteiger partial charge in [0.05, 0.1) is 0 Å². The van der Waals surface area contributed by atoms with Crippen LogP contribution < -0.4 is 16.6 Å². The van der Waals surface area contributed by atoms with Crippen molar-refractivity contribution in [2.75, 3.05) is 11.9 Å². The molecule has 0 unspecified atom stereocenters. The average Bonchev–Trinajstić information content (AvgIpc) is 2.33. The van der Waals surface area contributed by atoms with E-state index in [2.05, 4.69) is 20.5 Å². The van der Waals surface area contributed by atoms with Gasteiger partial charge in [-0.3, -0.25) is 9.78 Å². The molecule has 6 nitrogen and oxygen atoms in total. The van der Waals surface area contributed by atoms with Gasteiger partial charge in [-0.25, -0.2) is 9.89 Å². The van der Waals surface area contributed by atoms with Gasteiger partial charge in [-0.2, -0.15) is 0 Å². The van der Waals surface area contributed by atoms with Crippen molar-refractivity contribution in [1.29, 1.82) is 0 Å². The maximum absolute atomic E-state index is 11.3. The van der Waals surface area contributed by atoms with Crippen molar-refractivity contribution < 1.29 is 0 Å². The summed E-state index contributed by atoms with van der Waals surface area (Å²) in [6.45, 7) is 0.576. The number of nitrogens with zero attached hydrogens (tertiary/aromatic N) is 1. The molecule has 2 rings (SSSR count). The van der Waals surface area contributed by atoms with Gasteiger partial charge in [-0.05, 0) is 12.0 Å². The van der Waals surface area contributed by atoms with Crippen molar-refractivity contribution in [3.8, 4) is 0 Å². The summed E-state index contributed by atoms with van der Waals surface area (Å²) in [6.07, 6.45) is 0.779. The minimum absolute atomic E-state index is 0.125. The highest BCUT2D eigenvalue weighted by molar-refractivity contribution is 5.29. The first-order valence-corrected chi connectivity index (χ1v) is 5.22. The summed E-state index contributed by atoms with van der Waals surface area (Å²) in [6, 6.07) is 9.88. The summed E-state index contributed by atoms with van der Waals surface area (Å²) in [4.78, 5) is 24.1. The molecule has 1 aromatic heterocycles. The first-order chi connectivity index (χ1) is 8.25. The Kier molecular flexibility index (Phi) is 3.34. The van der Waals surface area contributed by atoms with Crippen molar-refractivity contribution in [2.24, 2.45) is 0 Å². The molecule has 0 saturated heterocycles. The number of nitrogens with one attached hydrogen (secondary N) is 3. The number of hydrogen-bond donors (Lipinski definition) is 3. The summed E-state index contributed by atoms with van der Waals surface area (Å²) in [5.74, 6) is 0.125.